The molecular formula is C18H17IN4. The predicted octanol–water partition coefficient (Wildman–Crippen LogP) is 4.69. The highest BCUT2D eigenvalue weighted by molar-refractivity contribution is 14.1. The van der Waals surface area contributed by atoms with E-state index in [4.69, 9.17) is 0 Å². The molecule has 4 nitrogen and oxygen atoms in total. The van der Waals surface area contributed by atoms with Gasteiger partial charge in [0.1, 0.15) is 0 Å². The second kappa shape index (κ2) is 5.33. The number of fused-ring (bicyclic) bond motifs is 2. The molecule has 0 fully saturated rings. The van der Waals surface area contributed by atoms with Gasteiger partial charge in [0.25, 0.3) is 0 Å². The van der Waals surface area contributed by atoms with Crippen LogP contribution in [-0.4, -0.2) is 19.2 Å². The van der Waals surface area contributed by atoms with Crippen molar-refractivity contribution in [2.24, 2.45) is 7.05 Å². The Morgan fingerprint density at radius 3 is 2.74 bits per heavy atom. The van der Waals surface area contributed by atoms with E-state index in [1.54, 1.807) is 0 Å². The molecule has 4 rings (SSSR count). The number of aryl methyl sites for hydroxylation is 2. The van der Waals surface area contributed by atoms with Gasteiger partial charge in [-0.05, 0) is 49.7 Å². The second-order valence-electron chi connectivity index (χ2n) is 5.92. The molecule has 0 amide bonds. The molecule has 1 unspecified atom stereocenters. The summed E-state index contributed by atoms with van der Waals surface area (Å²) in [6, 6.07) is 12.5. The molecule has 0 radical (unpaired) electrons. The first-order valence-electron chi connectivity index (χ1n) is 7.60. The molecule has 5 heteroatoms. The lowest BCUT2D eigenvalue weighted by Crippen LogP contribution is -1.92. The summed E-state index contributed by atoms with van der Waals surface area (Å²) in [4.78, 5) is 4.68. The second-order valence-corrected chi connectivity index (χ2v) is 7.78. The van der Waals surface area contributed by atoms with Crippen molar-refractivity contribution in [3.8, 4) is 11.4 Å². The van der Waals surface area contributed by atoms with E-state index in [9.17, 15) is 0 Å². The summed E-state index contributed by atoms with van der Waals surface area (Å²) >= 11 is 2.46. The fourth-order valence-electron chi connectivity index (χ4n) is 3.04. The van der Waals surface area contributed by atoms with E-state index in [-0.39, 0.29) is 0 Å². The van der Waals surface area contributed by atoms with E-state index in [0.717, 1.165) is 22.7 Å². The zero-order chi connectivity index (χ0) is 16.1. The van der Waals surface area contributed by atoms with Crippen LogP contribution in [0, 0.1) is 6.92 Å². The van der Waals surface area contributed by atoms with Gasteiger partial charge < -0.3 is 4.57 Å². The first kappa shape index (κ1) is 14.7. The molecule has 1 aromatic carbocycles. The van der Waals surface area contributed by atoms with Crippen LogP contribution in [0.3, 0.4) is 0 Å². The van der Waals surface area contributed by atoms with Crippen LogP contribution >= 0.6 is 22.6 Å². The Bertz CT molecular complexity index is 1030. The Kier molecular flexibility index (Phi) is 3.41. The minimum absolute atomic E-state index is 0.461. The smallest absolute Gasteiger partial charge is 0.182 e. The number of hydrogen-bond acceptors (Lipinski definition) is 2. The summed E-state index contributed by atoms with van der Waals surface area (Å²) in [5.41, 5.74) is 5.63. The van der Waals surface area contributed by atoms with Crippen molar-refractivity contribution < 1.29 is 0 Å². The zero-order valence-electron chi connectivity index (χ0n) is 13.3. The van der Waals surface area contributed by atoms with Gasteiger partial charge in [-0.15, -0.1) is 5.10 Å². The zero-order valence-corrected chi connectivity index (χ0v) is 15.4. The fraction of sp³-hybridized carbons (Fsp3) is 0.222. The Labute approximate surface area is 148 Å². The van der Waals surface area contributed by atoms with Crippen LogP contribution in [0.5, 0.6) is 0 Å². The van der Waals surface area contributed by atoms with E-state index in [2.05, 4.69) is 75.6 Å². The number of halogens is 1. The van der Waals surface area contributed by atoms with E-state index in [0.29, 0.717) is 3.92 Å². The number of alkyl halides is 1. The summed E-state index contributed by atoms with van der Waals surface area (Å²) in [6.45, 7) is 4.26. The van der Waals surface area contributed by atoms with Gasteiger partial charge in [-0.1, -0.05) is 28.7 Å². The molecular weight excluding hydrogens is 399 g/mol. The predicted molar refractivity (Wildman–Crippen MR) is 102 cm³/mol. The number of rotatable bonds is 2. The quantitative estimate of drug-likeness (QED) is 0.351. The molecule has 4 aromatic rings. The van der Waals surface area contributed by atoms with Gasteiger partial charge in [0.2, 0.25) is 0 Å². The van der Waals surface area contributed by atoms with Crippen LogP contribution in [0.1, 0.15) is 22.1 Å². The van der Waals surface area contributed by atoms with Gasteiger partial charge in [-0.3, -0.25) is 0 Å². The minimum atomic E-state index is 0.461. The molecule has 116 valence electrons. The van der Waals surface area contributed by atoms with E-state index < -0.39 is 0 Å². The highest BCUT2D eigenvalue weighted by atomic mass is 127. The highest BCUT2D eigenvalue weighted by Gasteiger charge is 2.14. The number of hydrogen-bond donors (Lipinski definition) is 0. The third-order valence-corrected chi connectivity index (χ3v) is 4.93. The van der Waals surface area contributed by atoms with Crippen LogP contribution in [0.4, 0.5) is 0 Å². The van der Waals surface area contributed by atoms with Gasteiger partial charge in [0.15, 0.2) is 11.5 Å². The maximum atomic E-state index is 4.68. The van der Waals surface area contributed by atoms with E-state index in [1.807, 2.05) is 29.6 Å². The summed E-state index contributed by atoms with van der Waals surface area (Å²) in [7, 11) is 2.09. The first-order chi connectivity index (χ1) is 11.0. The van der Waals surface area contributed by atoms with Crippen molar-refractivity contribution in [1.82, 2.24) is 19.2 Å². The molecule has 3 heterocycles. The maximum Gasteiger partial charge on any atom is 0.182 e. The average molecular weight is 416 g/mol. The lowest BCUT2D eigenvalue weighted by Gasteiger charge is -2.02. The summed E-state index contributed by atoms with van der Waals surface area (Å²) in [5, 5.41) is 5.95. The first-order valence-corrected chi connectivity index (χ1v) is 8.85. The van der Waals surface area contributed by atoms with Crippen molar-refractivity contribution in [3.63, 3.8) is 0 Å². The van der Waals surface area contributed by atoms with Gasteiger partial charge in [-0.25, -0.2) is 9.50 Å². The van der Waals surface area contributed by atoms with Crippen LogP contribution in [0.15, 0.2) is 42.6 Å². The Hall–Kier alpha value is -1.89. The number of benzene rings is 1. The van der Waals surface area contributed by atoms with Gasteiger partial charge in [0, 0.05) is 39.3 Å². The molecule has 0 bridgehead atoms. The maximum absolute atomic E-state index is 4.68. The number of aromatic nitrogens is 4. The van der Waals surface area contributed by atoms with Crippen LogP contribution in [0.25, 0.3) is 27.9 Å². The van der Waals surface area contributed by atoms with Gasteiger partial charge >= 0.3 is 0 Å². The van der Waals surface area contributed by atoms with Crippen molar-refractivity contribution in [3.05, 3.63) is 53.9 Å². The van der Waals surface area contributed by atoms with Crippen molar-refractivity contribution in [2.75, 3.05) is 0 Å². The van der Waals surface area contributed by atoms with Crippen LogP contribution < -0.4 is 0 Å². The Balaban J connectivity index is 1.94. The molecule has 0 saturated heterocycles. The van der Waals surface area contributed by atoms with Crippen molar-refractivity contribution in [2.45, 2.75) is 17.8 Å². The molecule has 0 saturated carbocycles. The SMILES string of the molecule is Cc1cccc2nc(-c3ccc4c(c3)c(C(C)I)cn4C)nn12. The molecule has 0 aliphatic carbocycles. The Morgan fingerprint density at radius 2 is 2.00 bits per heavy atom. The summed E-state index contributed by atoms with van der Waals surface area (Å²) in [6.07, 6.45) is 2.22. The normalized spacial score (nSPS) is 13.0. The molecule has 3 aromatic heterocycles. The fourth-order valence-corrected chi connectivity index (χ4v) is 3.53. The Morgan fingerprint density at radius 1 is 1.17 bits per heavy atom. The molecule has 0 aliphatic rings. The lowest BCUT2D eigenvalue weighted by atomic mass is 10.1. The molecule has 0 N–H and O–H groups in total. The van der Waals surface area contributed by atoms with Crippen LogP contribution in [0.2, 0.25) is 0 Å². The number of nitrogens with zero attached hydrogens (tertiary/aromatic N) is 4. The third kappa shape index (κ3) is 2.34. The molecule has 0 aliphatic heterocycles. The largest absolute Gasteiger partial charge is 0.350 e. The van der Waals surface area contributed by atoms with E-state index in [1.165, 1.54) is 16.5 Å². The topological polar surface area (TPSA) is 35.1 Å². The molecule has 23 heavy (non-hydrogen) atoms. The van der Waals surface area contributed by atoms with E-state index >= 15 is 0 Å². The monoisotopic (exact) mass is 416 g/mol. The average Bonchev–Trinajstić information content (AvgIpc) is 3.10. The van der Waals surface area contributed by atoms with Gasteiger partial charge in [0.05, 0.1) is 0 Å². The van der Waals surface area contributed by atoms with Gasteiger partial charge in [-0.2, -0.15) is 0 Å². The molecule has 0 spiro atoms. The summed E-state index contributed by atoms with van der Waals surface area (Å²) in [5.74, 6) is 0.775. The minimum Gasteiger partial charge on any atom is -0.350 e. The van der Waals surface area contributed by atoms with Crippen molar-refractivity contribution >= 4 is 39.1 Å². The number of pyridine rings is 1. The van der Waals surface area contributed by atoms with Crippen LogP contribution in [-0.2, 0) is 7.05 Å². The summed E-state index contributed by atoms with van der Waals surface area (Å²) < 4.78 is 4.54. The molecule has 1 atom stereocenters. The highest BCUT2D eigenvalue weighted by Crippen LogP contribution is 2.33. The lowest BCUT2D eigenvalue weighted by molar-refractivity contribution is 0.918. The standard InChI is InChI=1S/C18H17IN4/c1-11-5-4-6-17-20-18(21-23(11)17)13-7-8-16-14(9-13)15(12(2)19)10-22(16)3/h4-10,12H,1-3H3. The third-order valence-electron chi connectivity index (χ3n) is 4.26. The van der Waals surface area contributed by atoms with Crippen molar-refractivity contribution in [1.29, 1.82) is 0 Å².